The third-order valence-electron chi connectivity index (χ3n) is 5.46. The Morgan fingerprint density at radius 3 is 2.48 bits per heavy atom. The van der Waals surface area contributed by atoms with Crippen LogP contribution >= 0.6 is 11.8 Å². The fourth-order valence-corrected chi connectivity index (χ4v) is 7.86. The number of ether oxygens (including phenoxy) is 1. The molecule has 0 bridgehead atoms. The zero-order valence-electron chi connectivity index (χ0n) is 17.0. The average molecular weight is 463 g/mol. The molecule has 2 aromatic carbocycles. The Kier molecular flexibility index (Phi) is 6.34. The summed E-state index contributed by atoms with van der Waals surface area (Å²) in [7, 11) is -1.48. The van der Waals surface area contributed by atoms with Crippen LogP contribution in [0.1, 0.15) is 11.1 Å². The zero-order valence-corrected chi connectivity index (χ0v) is 18.7. The van der Waals surface area contributed by atoms with Gasteiger partial charge in [0, 0.05) is 11.8 Å². The van der Waals surface area contributed by atoms with Crippen molar-refractivity contribution in [2.75, 3.05) is 25.2 Å². The topological polar surface area (TPSA) is 76.0 Å². The molecule has 2 atom stereocenters. The van der Waals surface area contributed by atoms with Crippen molar-refractivity contribution < 1.29 is 22.3 Å². The number of sulfone groups is 1. The van der Waals surface area contributed by atoms with E-state index in [4.69, 9.17) is 4.74 Å². The summed E-state index contributed by atoms with van der Waals surface area (Å²) in [6.45, 7) is 0.568. The number of thioether (sulfide) groups is 1. The van der Waals surface area contributed by atoms with E-state index in [1.165, 1.54) is 23.9 Å². The van der Waals surface area contributed by atoms with E-state index < -0.39 is 9.84 Å². The minimum Gasteiger partial charge on any atom is -0.497 e. The van der Waals surface area contributed by atoms with E-state index in [1.807, 2.05) is 29.2 Å². The number of aliphatic imine (C=N–C) groups is 1. The van der Waals surface area contributed by atoms with Crippen molar-refractivity contribution in [2.45, 2.75) is 24.1 Å². The number of hydrogen-bond acceptors (Lipinski definition) is 5. The number of benzene rings is 2. The highest BCUT2D eigenvalue weighted by atomic mass is 32.2. The van der Waals surface area contributed by atoms with Crippen molar-refractivity contribution in [3.8, 4) is 5.75 Å². The number of amides is 1. The third kappa shape index (κ3) is 5.27. The number of fused-ring (bicyclic) bond motifs is 1. The van der Waals surface area contributed by atoms with Gasteiger partial charge < -0.3 is 9.64 Å². The van der Waals surface area contributed by atoms with Crippen LogP contribution in [0.4, 0.5) is 4.39 Å². The van der Waals surface area contributed by atoms with E-state index in [9.17, 15) is 17.6 Å². The zero-order chi connectivity index (χ0) is 22.0. The first-order valence-corrected chi connectivity index (χ1v) is 12.7. The molecular weight excluding hydrogens is 439 g/mol. The molecule has 6 nitrogen and oxygen atoms in total. The Bertz CT molecular complexity index is 1090. The number of halogens is 1. The van der Waals surface area contributed by atoms with Crippen molar-refractivity contribution in [3.05, 3.63) is 65.5 Å². The van der Waals surface area contributed by atoms with Gasteiger partial charge in [-0.15, -0.1) is 0 Å². The molecule has 0 saturated carbocycles. The van der Waals surface area contributed by atoms with Crippen LogP contribution in [-0.2, 0) is 27.5 Å². The predicted molar refractivity (Wildman–Crippen MR) is 120 cm³/mol. The Morgan fingerprint density at radius 1 is 1.13 bits per heavy atom. The van der Waals surface area contributed by atoms with Gasteiger partial charge in [-0.25, -0.2) is 12.8 Å². The quantitative estimate of drug-likeness (QED) is 0.657. The largest absolute Gasteiger partial charge is 0.497 e. The lowest BCUT2D eigenvalue weighted by Crippen LogP contribution is -2.39. The molecule has 0 N–H and O–H groups in total. The maximum Gasteiger partial charge on any atom is 0.252 e. The van der Waals surface area contributed by atoms with Crippen LogP contribution in [0.2, 0.25) is 0 Å². The van der Waals surface area contributed by atoms with E-state index in [0.717, 1.165) is 11.3 Å². The second-order valence-corrected chi connectivity index (χ2v) is 11.0. The molecule has 0 aromatic heterocycles. The van der Waals surface area contributed by atoms with Crippen molar-refractivity contribution in [1.29, 1.82) is 0 Å². The van der Waals surface area contributed by atoms with Gasteiger partial charge in [0.1, 0.15) is 11.6 Å². The highest BCUT2D eigenvalue weighted by molar-refractivity contribution is 8.15. The summed E-state index contributed by atoms with van der Waals surface area (Å²) in [4.78, 5) is 18.8. The van der Waals surface area contributed by atoms with Crippen LogP contribution in [0.5, 0.6) is 5.75 Å². The highest BCUT2D eigenvalue weighted by Crippen LogP contribution is 2.38. The van der Waals surface area contributed by atoms with Crippen molar-refractivity contribution in [2.24, 2.45) is 4.99 Å². The van der Waals surface area contributed by atoms with Crippen LogP contribution < -0.4 is 4.74 Å². The summed E-state index contributed by atoms with van der Waals surface area (Å²) in [5.74, 6) is 0.278. The molecule has 2 aliphatic heterocycles. The van der Waals surface area contributed by atoms with Crippen LogP contribution in [0.3, 0.4) is 0 Å². The summed E-state index contributed by atoms with van der Waals surface area (Å²) in [5.41, 5.74) is 1.78. The first kappa shape index (κ1) is 21.8. The molecule has 2 aromatic rings. The van der Waals surface area contributed by atoms with E-state index in [2.05, 4.69) is 4.99 Å². The molecule has 2 saturated heterocycles. The molecule has 4 rings (SSSR count). The number of rotatable bonds is 6. The lowest BCUT2D eigenvalue weighted by molar-refractivity contribution is -0.117. The van der Waals surface area contributed by atoms with Gasteiger partial charge in [-0.05, 0) is 41.8 Å². The highest BCUT2D eigenvalue weighted by Gasteiger charge is 2.48. The van der Waals surface area contributed by atoms with Gasteiger partial charge in [0.05, 0.1) is 31.1 Å². The number of amidine groups is 1. The molecule has 2 aliphatic rings. The molecule has 0 aliphatic carbocycles. The summed E-state index contributed by atoms with van der Waals surface area (Å²) < 4.78 is 42.6. The standard InChI is InChI=1S/C22H23FN2O4S2/c1-29-18-8-4-15(5-9-18)10-11-25-19-13-31(27,28)14-20(19)30-22(25)24-21(26)12-16-2-6-17(23)7-3-16/h2-9,19-20H,10-14H2,1H3/t19-,20+/m1/s1. The second-order valence-electron chi connectivity index (χ2n) is 7.68. The number of hydrogen-bond donors (Lipinski definition) is 0. The Morgan fingerprint density at radius 2 is 1.81 bits per heavy atom. The molecule has 2 heterocycles. The third-order valence-corrected chi connectivity index (χ3v) is 8.71. The smallest absolute Gasteiger partial charge is 0.252 e. The molecule has 9 heteroatoms. The van der Waals surface area contributed by atoms with E-state index in [0.29, 0.717) is 23.7 Å². The Labute approximate surface area is 185 Å². The fraction of sp³-hybridized carbons (Fsp3) is 0.364. The van der Waals surface area contributed by atoms with E-state index in [1.54, 1.807) is 19.2 Å². The predicted octanol–water partition coefficient (Wildman–Crippen LogP) is 2.72. The first-order chi connectivity index (χ1) is 14.8. The second kappa shape index (κ2) is 9.00. The maximum absolute atomic E-state index is 13.1. The molecule has 0 spiro atoms. The summed E-state index contributed by atoms with van der Waals surface area (Å²) in [5, 5.41) is 0.462. The van der Waals surface area contributed by atoms with Crippen LogP contribution in [0.15, 0.2) is 53.5 Å². The maximum atomic E-state index is 13.1. The molecule has 1 amide bonds. The summed E-state index contributed by atoms with van der Waals surface area (Å²) in [6.07, 6.45) is 0.767. The lowest BCUT2D eigenvalue weighted by atomic mass is 10.1. The fourth-order valence-electron chi connectivity index (χ4n) is 3.86. The van der Waals surface area contributed by atoms with Crippen molar-refractivity contribution >= 4 is 32.7 Å². The van der Waals surface area contributed by atoms with Gasteiger partial charge in [0.25, 0.3) is 5.91 Å². The van der Waals surface area contributed by atoms with Gasteiger partial charge in [-0.1, -0.05) is 36.0 Å². The normalized spacial score (nSPS) is 23.2. The van der Waals surface area contributed by atoms with Crippen molar-refractivity contribution in [1.82, 2.24) is 4.90 Å². The minimum atomic E-state index is -3.09. The average Bonchev–Trinajstić information content (AvgIpc) is 3.19. The van der Waals surface area contributed by atoms with Gasteiger partial charge in [-0.3, -0.25) is 4.79 Å². The minimum absolute atomic E-state index is 0.0737. The number of carbonyl (C=O) groups excluding carboxylic acids is 1. The number of nitrogens with zero attached hydrogens (tertiary/aromatic N) is 2. The van der Waals surface area contributed by atoms with E-state index >= 15 is 0 Å². The van der Waals surface area contributed by atoms with Crippen molar-refractivity contribution in [3.63, 3.8) is 0 Å². The van der Waals surface area contributed by atoms with Gasteiger partial charge in [0.15, 0.2) is 15.0 Å². The van der Waals surface area contributed by atoms with Gasteiger partial charge in [-0.2, -0.15) is 4.99 Å². The first-order valence-electron chi connectivity index (χ1n) is 9.95. The molecule has 0 unspecified atom stereocenters. The SMILES string of the molecule is COc1ccc(CCN2C(=NC(=O)Cc3ccc(F)cc3)S[C@H]3CS(=O)(=O)C[C@H]32)cc1. The number of carbonyl (C=O) groups is 1. The Hall–Kier alpha value is -2.39. The van der Waals surface area contributed by atoms with E-state index in [-0.39, 0.29) is 40.9 Å². The van der Waals surface area contributed by atoms with Crippen LogP contribution in [0, 0.1) is 5.82 Å². The monoisotopic (exact) mass is 462 g/mol. The molecular formula is C22H23FN2O4S2. The van der Waals surface area contributed by atoms with Gasteiger partial charge in [0.2, 0.25) is 0 Å². The number of methoxy groups -OCH3 is 1. The van der Waals surface area contributed by atoms with Crippen LogP contribution in [0.25, 0.3) is 0 Å². The molecule has 31 heavy (non-hydrogen) atoms. The summed E-state index contributed by atoms with van der Waals surface area (Å²) in [6, 6.07) is 13.3. The molecule has 0 radical (unpaired) electrons. The van der Waals surface area contributed by atoms with Gasteiger partial charge >= 0.3 is 0 Å². The Balaban J connectivity index is 1.49. The summed E-state index contributed by atoms with van der Waals surface area (Å²) >= 11 is 1.37. The molecule has 164 valence electrons. The lowest BCUT2D eigenvalue weighted by Gasteiger charge is -2.24. The molecule has 2 fully saturated rings. The van der Waals surface area contributed by atoms with Crippen LogP contribution in [-0.4, -0.2) is 60.8 Å².